The van der Waals surface area contributed by atoms with Crippen LogP contribution in [0.3, 0.4) is 0 Å². The number of rotatable bonds is 7. The fourth-order valence-corrected chi connectivity index (χ4v) is 2.13. The summed E-state index contributed by atoms with van der Waals surface area (Å²) in [6, 6.07) is 7.54. The molecule has 1 rings (SSSR count). The third-order valence-electron chi connectivity index (χ3n) is 2.85. The van der Waals surface area contributed by atoms with Crippen molar-refractivity contribution in [1.29, 1.82) is 5.26 Å². The number of nitrogens with zero attached hydrogens (tertiary/aromatic N) is 1. The van der Waals surface area contributed by atoms with Gasteiger partial charge in [0.05, 0.1) is 22.6 Å². The Labute approximate surface area is 122 Å². The molecule has 0 unspecified atom stereocenters. The van der Waals surface area contributed by atoms with Crippen LogP contribution in [0, 0.1) is 16.7 Å². The molecule has 0 atom stereocenters. The minimum atomic E-state index is -0.258. The molecule has 19 heavy (non-hydrogen) atoms. The van der Waals surface area contributed by atoms with Crippen LogP contribution >= 0.6 is 15.9 Å². The molecule has 0 aliphatic heterocycles. The number of benzene rings is 1. The van der Waals surface area contributed by atoms with Gasteiger partial charge in [0.25, 0.3) is 0 Å². The van der Waals surface area contributed by atoms with Crippen molar-refractivity contribution in [3.63, 3.8) is 0 Å². The molecule has 0 saturated heterocycles. The van der Waals surface area contributed by atoms with Crippen LogP contribution < -0.4 is 4.74 Å². The molecule has 1 aromatic rings. The highest BCUT2D eigenvalue weighted by atomic mass is 79.9. The van der Waals surface area contributed by atoms with E-state index >= 15 is 0 Å². The number of ether oxygens (including phenoxy) is 1. The lowest BCUT2D eigenvalue weighted by Gasteiger charge is -2.14. The second-order valence-corrected chi connectivity index (χ2v) is 5.96. The molecule has 0 spiro atoms. The van der Waals surface area contributed by atoms with Gasteiger partial charge in [0, 0.05) is 5.56 Å². The molecule has 0 bridgehead atoms. The van der Waals surface area contributed by atoms with Crippen LogP contribution in [0.2, 0.25) is 0 Å². The fraction of sp³-hybridized carbons (Fsp3) is 0.467. The zero-order valence-corrected chi connectivity index (χ0v) is 12.9. The summed E-state index contributed by atoms with van der Waals surface area (Å²) in [5.74, 6) is 0.741. The number of nitriles is 1. The molecule has 0 aliphatic rings. The van der Waals surface area contributed by atoms with Gasteiger partial charge in [-0.1, -0.05) is 0 Å². The van der Waals surface area contributed by atoms with Gasteiger partial charge in [-0.3, -0.25) is 4.79 Å². The number of unbranched alkanes of at least 4 members (excludes halogenated alkanes) is 1. The van der Waals surface area contributed by atoms with Crippen molar-refractivity contribution < 1.29 is 9.53 Å². The second-order valence-electron chi connectivity index (χ2n) is 5.11. The van der Waals surface area contributed by atoms with Crippen molar-refractivity contribution in [1.82, 2.24) is 0 Å². The summed E-state index contributed by atoms with van der Waals surface area (Å²) in [6.45, 7) is 4.51. The Kier molecular flexibility index (Phi) is 6.04. The first kappa shape index (κ1) is 15.7. The molecule has 0 aliphatic carbocycles. The van der Waals surface area contributed by atoms with Crippen molar-refractivity contribution in [2.75, 3.05) is 6.61 Å². The number of aldehydes is 1. The lowest BCUT2D eigenvalue weighted by atomic mass is 9.89. The molecular formula is C15H18BrNO2. The van der Waals surface area contributed by atoms with Crippen molar-refractivity contribution in [3.8, 4) is 11.8 Å². The molecule has 0 radical (unpaired) electrons. The zero-order valence-electron chi connectivity index (χ0n) is 11.3. The summed E-state index contributed by atoms with van der Waals surface area (Å²) >= 11 is 3.37. The van der Waals surface area contributed by atoms with Crippen molar-refractivity contribution in [2.24, 2.45) is 5.41 Å². The van der Waals surface area contributed by atoms with Gasteiger partial charge >= 0.3 is 0 Å². The number of hydrogen-bond acceptors (Lipinski definition) is 3. The van der Waals surface area contributed by atoms with E-state index in [2.05, 4.69) is 22.0 Å². The number of halogens is 1. The van der Waals surface area contributed by atoms with E-state index in [0.29, 0.717) is 12.2 Å². The van der Waals surface area contributed by atoms with E-state index in [0.717, 1.165) is 35.8 Å². The average molecular weight is 324 g/mol. The zero-order chi connectivity index (χ0) is 14.3. The summed E-state index contributed by atoms with van der Waals surface area (Å²) in [5.41, 5.74) is 0.363. The lowest BCUT2D eigenvalue weighted by molar-refractivity contribution is 0.112. The van der Waals surface area contributed by atoms with Gasteiger partial charge in [0.1, 0.15) is 12.0 Å². The van der Waals surface area contributed by atoms with E-state index in [1.54, 1.807) is 18.2 Å². The first-order valence-electron chi connectivity index (χ1n) is 6.27. The predicted octanol–water partition coefficient (Wildman–Crippen LogP) is 4.36. The van der Waals surface area contributed by atoms with Gasteiger partial charge in [-0.2, -0.15) is 5.26 Å². The van der Waals surface area contributed by atoms with Gasteiger partial charge in [-0.25, -0.2) is 0 Å². The van der Waals surface area contributed by atoms with Gasteiger partial charge in [0.15, 0.2) is 0 Å². The molecule has 3 nitrogen and oxygen atoms in total. The van der Waals surface area contributed by atoms with Gasteiger partial charge in [0.2, 0.25) is 0 Å². The maximum absolute atomic E-state index is 10.6. The van der Waals surface area contributed by atoms with Gasteiger partial charge < -0.3 is 4.74 Å². The SMILES string of the molecule is CC(C)(C#N)CCCCOc1ccc(C=O)cc1Br. The topological polar surface area (TPSA) is 50.1 Å². The molecule has 0 heterocycles. The fourth-order valence-electron chi connectivity index (χ4n) is 1.61. The summed E-state index contributed by atoms with van der Waals surface area (Å²) in [4.78, 5) is 10.6. The normalized spacial score (nSPS) is 10.8. The van der Waals surface area contributed by atoms with Crippen LogP contribution in [-0.2, 0) is 0 Å². The molecule has 0 fully saturated rings. The van der Waals surface area contributed by atoms with Crippen LogP contribution in [0.4, 0.5) is 0 Å². The van der Waals surface area contributed by atoms with Crippen LogP contribution in [-0.4, -0.2) is 12.9 Å². The van der Waals surface area contributed by atoms with Crippen LogP contribution in [0.1, 0.15) is 43.5 Å². The Hall–Kier alpha value is -1.34. The van der Waals surface area contributed by atoms with E-state index in [1.807, 2.05) is 13.8 Å². The number of carbonyl (C=O) groups is 1. The molecule has 0 N–H and O–H groups in total. The van der Waals surface area contributed by atoms with Crippen LogP contribution in [0.5, 0.6) is 5.75 Å². The average Bonchev–Trinajstić information content (AvgIpc) is 2.39. The highest BCUT2D eigenvalue weighted by Gasteiger charge is 2.15. The van der Waals surface area contributed by atoms with E-state index in [9.17, 15) is 4.79 Å². The number of hydrogen-bond donors (Lipinski definition) is 0. The van der Waals surface area contributed by atoms with E-state index in [4.69, 9.17) is 10.00 Å². The quantitative estimate of drug-likeness (QED) is 0.553. The molecular weight excluding hydrogens is 306 g/mol. The summed E-state index contributed by atoms with van der Waals surface area (Å²) in [6.07, 6.45) is 3.55. The third kappa shape index (κ3) is 5.44. The highest BCUT2D eigenvalue weighted by molar-refractivity contribution is 9.10. The smallest absolute Gasteiger partial charge is 0.150 e. The Morgan fingerprint density at radius 1 is 1.42 bits per heavy atom. The van der Waals surface area contributed by atoms with Gasteiger partial charge in [-0.15, -0.1) is 0 Å². The monoisotopic (exact) mass is 323 g/mol. The second kappa shape index (κ2) is 7.30. The standard InChI is InChI=1S/C15H18BrNO2/c1-15(2,11-17)7-3-4-8-19-14-6-5-12(10-18)9-13(14)16/h5-6,9-10H,3-4,7-8H2,1-2H3. The first-order chi connectivity index (χ1) is 8.98. The Morgan fingerprint density at radius 3 is 2.74 bits per heavy atom. The van der Waals surface area contributed by atoms with Crippen LogP contribution in [0.15, 0.2) is 22.7 Å². The molecule has 0 saturated carbocycles. The maximum Gasteiger partial charge on any atom is 0.150 e. The highest BCUT2D eigenvalue weighted by Crippen LogP contribution is 2.26. The minimum Gasteiger partial charge on any atom is -0.492 e. The molecule has 0 aromatic heterocycles. The first-order valence-corrected chi connectivity index (χ1v) is 7.06. The van der Waals surface area contributed by atoms with Crippen molar-refractivity contribution >= 4 is 22.2 Å². The van der Waals surface area contributed by atoms with Gasteiger partial charge in [-0.05, 0) is 67.2 Å². The molecule has 4 heteroatoms. The number of carbonyl (C=O) groups excluding carboxylic acids is 1. The predicted molar refractivity (Wildman–Crippen MR) is 78.3 cm³/mol. The molecule has 0 amide bonds. The summed E-state index contributed by atoms with van der Waals surface area (Å²) in [7, 11) is 0. The third-order valence-corrected chi connectivity index (χ3v) is 3.47. The molecule has 102 valence electrons. The van der Waals surface area contributed by atoms with Crippen molar-refractivity contribution in [2.45, 2.75) is 33.1 Å². The lowest BCUT2D eigenvalue weighted by Crippen LogP contribution is -2.08. The summed E-state index contributed by atoms with van der Waals surface area (Å²) in [5, 5.41) is 8.90. The maximum atomic E-state index is 10.6. The molecule has 1 aromatic carbocycles. The Balaban J connectivity index is 2.34. The van der Waals surface area contributed by atoms with Crippen LogP contribution in [0.25, 0.3) is 0 Å². The minimum absolute atomic E-state index is 0.258. The Bertz CT molecular complexity index is 478. The van der Waals surface area contributed by atoms with E-state index < -0.39 is 0 Å². The van der Waals surface area contributed by atoms with E-state index in [-0.39, 0.29) is 5.41 Å². The largest absolute Gasteiger partial charge is 0.492 e. The van der Waals surface area contributed by atoms with Crippen molar-refractivity contribution in [3.05, 3.63) is 28.2 Å². The van der Waals surface area contributed by atoms with E-state index in [1.165, 1.54) is 0 Å². The Morgan fingerprint density at radius 2 is 2.16 bits per heavy atom. The summed E-state index contributed by atoms with van der Waals surface area (Å²) < 4.78 is 6.43.